The summed E-state index contributed by atoms with van der Waals surface area (Å²) in [5.74, 6) is 1.65. The number of rotatable bonds is 5. The number of nitrogens with zero attached hydrogens (tertiary/aromatic N) is 3. The van der Waals surface area contributed by atoms with Crippen LogP contribution in [0, 0.1) is 0 Å². The van der Waals surface area contributed by atoms with Crippen molar-refractivity contribution in [1.82, 2.24) is 14.8 Å². The minimum atomic E-state index is -0.994. The zero-order valence-electron chi connectivity index (χ0n) is 10.3. The molecule has 0 aliphatic heterocycles. The van der Waals surface area contributed by atoms with E-state index in [0.29, 0.717) is 11.5 Å². The van der Waals surface area contributed by atoms with Gasteiger partial charge in [0.2, 0.25) is 0 Å². The van der Waals surface area contributed by atoms with Crippen molar-refractivity contribution in [2.24, 2.45) is 5.73 Å². The van der Waals surface area contributed by atoms with Crippen LogP contribution in [0.3, 0.4) is 0 Å². The molecule has 0 bridgehead atoms. The molecule has 1 heterocycles. The first-order valence-electron chi connectivity index (χ1n) is 5.32. The standard InChI is InChI=1S/C10H20N4OS/c1-8(2)14-9(12-7-13-14)5-16(15)6-10(3,4)11/h7-8H,5-6,11H2,1-4H3. The number of nitrogens with two attached hydrogens (primary N) is 1. The van der Waals surface area contributed by atoms with Gasteiger partial charge in [-0.3, -0.25) is 4.21 Å². The second kappa shape index (κ2) is 5.05. The molecule has 0 aliphatic rings. The molecule has 0 radical (unpaired) electrons. The quantitative estimate of drug-likeness (QED) is 0.833. The molecular weight excluding hydrogens is 224 g/mol. The van der Waals surface area contributed by atoms with Crippen LogP contribution in [0.4, 0.5) is 0 Å². The van der Waals surface area contributed by atoms with Gasteiger partial charge >= 0.3 is 0 Å². The summed E-state index contributed by atoms with van der Waals surface area (Å²) in [7, 11) is -0.994. The van der Waals surface area contributed by atoms with Crippen molar-refractivity contribution in [1.29, 1.82) is 0 Å². The summed E-state index contributed by atoms with van der Waals surface area (Å²) in [6, 6.07) is 0.236. The Morgan fingerprint density at radius 2 is 2.19 bits per heavy atom. The van der Waals surface area contributed by atoms with Crippen LogP contribution in [0.2, 0.25) is 0 Å². The Morgan fingerprint density at radius 1 is 1.56 bits per heavy atom. The summed E-state index contributed by atoms with van der Waals surface area (Å²) in [5.41, 5.74) is 5.42. The topological polar surface area (TPSA) is 73.8 Å². The van der Waals surface area contributed by atoms with Gasteiger partial charge in [-0.15, -0.1) is 0 Å². The molecule has 1 atom stereocenters. The lowest BCUT2D eigenvalue weighted by Crippen LogP contribution is -2.38. The fraction of sp³-hybridized carbons (Fsp3) is 0.800. The highest BCUT2D eigenvalue weighted by Crippen LogP contribution is 2.09. The maximum atomic E-state index is 11.9. The predicted molar refractivity (Wildman–Crippen MR) is 65.4 cm³/mol. The molecule has 1 aromatic heterocycles. The van der Waals surface area contributed by atoms with Gasteiger partial charge in [-0.2, -0.15) is 5.10 Å². The summed E-state index contributed by atoms with van der Waals surface area (Å²) < 4.78 is 13.6. The van der Waals surface area contributed by atoms with E-state index in [1.807, 2.05) is 27.7 Å². The average molecular weight is 244 g/mol. The summed E-state index contributed by atoms with van der Waals surface area (Å²) in [6.07, 6.45) is 1.50. The molecule has 0 saturated heterocycles. The largest absolute Gasteiger partial charge is 0.325 e. The number of aromatic nitrogens is 3. The maximum Gasteiger partial charge on any atom is 0.139 e. The molecule has 0 saturated carbocycles. The Balaban J connectivity index is 2.67. The van der Waals surface area contributed by atoms with E-state index >= 15 is 0 Å². The highest BCUT2D eigenvalue weighted by Gasteiger charge is 2.18. The minimum Gasteiger partial charge on any atom is -0.325 e. The van der Waals surface area contributed by atoms with E-state index in [0.717, 1.165) is 5.82 Å². The monoisotopic (exact) mass is 244 g/mol. The second-order valence-electron chi connectivity index (χ2n) is 4.93. The molecule has 0 aromatic carbocycles. The molecule has 0 aliphatic carbocycles. The van der Waals surface area contributed by atoms with Crippen LogP contribution in [-0.2, 0) is 16.6 Å². The molecule has 2 N–H and O–H groups in total. The van der Waals surface area contributed by atoms with Crippen LogP contribution < -0.4 is 5.73 Å². The van der Waals surface area contributed by atoms with E-state index in [-0.39, 0.29) is 6.04 Å². The summed E-state index contributed by atoms with van der Waals surface area (Å²) in [6.45, 7) is 7.79. The van der Waals surface area contributed by atoms with E-state index < -0.39 is 16.3 Å². The summed E-state index contributed by atoms with van der Waals surface area (Å²) >= 11 is 0. The molecule has 0 fully saturated rings. The maximum absolute atomic E-state index is 11.9. The third-order valence-electron chi connectivity index (χ3n) is 1.96. The molecule has 5 nitrogen and oxygen atoms in total. The Hall–Kier alpha value is -0.750. The Morgan fingerprint density at radius 3 is 2.69 bits per heavy atom. The molecule has 6 heteroatoms. The van der Waals surface area contributed by atoms with Crippen LogP contribution in [-0.4, -0.2) is 30.3 Å². The van der Waals surface area contributed by atoms with Crippen molar-refractivity contribution in [2.75, 3.05) is 5.75 Å². The fourth-order valence-electron chi connectivity index (χ4n) is 1.42. The van der Waals surface area contributed by atoms with E-state index in [2.05, 4.69) is 10.1 Å². The van der Waals surface area contributed by atoms with E-state index in [1.165, 1.54) is 6.33 Å². The Kier molecular flexibility index (Phi) is 4.21. The van der Waals surface area contributed by atoms with E-state index in [9.17, 15) is 4.21 Å². The van der Waals surface area contributed by atoms with Crippen molar-refractivity contribution in [2.45, 2.75) is 45.0 Å². The van der Waals surface area contributed by atoms with Gasteiger partial charge in [0.15, 0.2) is 0 Å². The average Bonchev–Trinajstić information content (AvgIpc) is 2.47. The molecule has 1 aromatic rings. The third-order valence-corrected chi connectivity index (χ3v) is 3.61. The van der Waals surface area contributed by atoms with Crippen molar-refractivity contribution < 1.29 is 4.21 Å². The van der Waals surface area contributed by atoms with Gasteiger partial charge in [0.1, 0.15) is 12.2 Å². The highest BCUT2D eigenvalue weighted by molar-refractivity contribution is 7.84. The van der Waals surface area contributed by atoms with Crippen LogP contribution in [0.1, 0.15) is 39.6 Å². The summed E-state index contributed by atoms with van der Waals surface area (Å²) in [4.78, 5) is 4.13. The van der Waals surface area contributed by atoms with Crippen molar-refractivity contribution in [3.63, 3.8) is 0 Å². The molecule has 0 spiro atoms. The van der Waals surface area contributed by atoms with E-state index in [1.54, 1.807) is 4.68 Å². The predicted octanol–water partition coefficient (Wildman–Crippen LogP) is 0.845. The van der Waals surface area contributed by atoms with E-state index in [4.69, 9.17) is 5.73 Å². The van der Waals surface area contributed by atoms with Crippen LogP contribution >= 0.6 is 0 Å². The first-order valence-corrected chi connectivity index (χ1v) is 6.80. The van der Waals surface area contributed by atoms with Crippen LogP contribution in [0.25, 0.3) is 0 Å². The first-order chi connectivity index (χ1) is 7.29. The molecule has 16 heavy (non-hydrogen) atoms. The molecule has 1 rings (SSSR count). The zero-order chi connectivity index (χ0) is 12.3. The third kappa shape index (κ3) is 4.02. The van der Waals surface area contributed by atoms with Gasteiger partial charge in [0.05, 0.1) is 5.75 Å². The highest BCUT2D eigenvalue weighted by atomic mass is 32.2. The summed E-state index contributed by atoms with van der Waals surface area (Å²) in [5, 5.41) is 4.11. The molecule has 0 amide bonds. The molecule has 92 valence electrons. The number of hydrogen-bond acceptors (Lipinski definition) is 4. The first kappa shape index (κ1) is 13.3. The van der Waals surface area contributed by atoms with Gasteiger partial charge in [-0.05, 0) is 27.7 Å². The van der Waals surface area contributed by atoms with Crippen molar-refractivity contribution in [3.05, 3.63) is 12.2 Å². The van der Waals surface area contributed by atoms with Gasteiger partial charge in [-0.1, -0.05) is 0 Å². The smallest absolute Gasteiger partial charge is 0.139 e. The number of hydrogen-bond donors (Lipinski definition) is 1. The normalized spacial score (nSPS) is 14.4. The SMILES string of the molecule is CC(C)n1ncnc1CS(=O)CC(C)(C)N. The van der Waals surface area contributed by atoms with Crippen LogP contribution in [0.5, 0.6) is 0 Å². The minimum absolute atomic E-state index is 0.236. The molecular formula is C10H20N4OS. The Bertz CT molecular complexity index is 367. The lowest BCUT2D eigenvalue weighted by molar-refractivity contribution is 0.512. The lowest BCUT2D eigenvalue weighted by atomic mass is 10.1. The van der Waals surface area contributed by atoms with Crippen LogP contribution in [0.15, 0.2) is 6.33 Å². The van der Waals surface area contributed by atoms with Crippen molar-refractivity contribution in [3.8, 4) is 0 Å². The second-order valence-corrected chi connectivity index (χ2v) is 6.39. The van der Waals surface area contributed by atoms with Gasteiger partial charge in [0.25, 0.3) is 0 Å². The fourth-order valence-corrected chi connectivity index (χ4v) is 2.85. The van der Waals surface area contributed by atoms with Crippen molar-refractivity contribution >= 4 is 10.8 Å². The zero-order valence-corrected chi connectivity index (χ0v) is 11.1. The lowest BCUT2D eigenvalue weighted by Gasteiger charge is -2.17. The molecule has 1 unspecified atom stereocenters. The van der Waals surface area contributed by atoms with Gasteiger partial charge in [-0.25, -0.2) is 9.67 Å². The Labute approximate surface area is 98.9 Å². The van der Waals surface area contributed by atoms with Gasteiger partial charge < -0.3 is 5.73 Å². The van der Waals surface area contributed by atoms with Gasteiger partial charge in [0, 0.05) is 28.1 Å².